The lowest BCUT2D eigenvalue weighted by Crippen LogP contribution is -2.24. The second-order valence-electron chi connectivity index (χ2n) is 1.76. The molecule has 1 amide bonds. The molecule has 0 saturated carbocycles. The molecule has 0 aliphatic carbocycles. The van der Waals surface area contributed by atoms with Crippen LogP contribution in [-0.2, 0) is 11.3 Å². The second kappa shape index (κ2) is 3.99. The number of carbonyl (C=O) groups excluding carboxylic acids is 1. The van der Waals surface area contributed by atoms with Crippen LogP contribution in [0.15, 0.2) is 11.4 Å². The summed E-state index contributed by atoms with van der Waals surface area (Å²) in [7, 11) is 0. The number of halogens is 1. The summed E-state index contributed by atoms with van der Waals surface area (Å²) in [6, 6.07) is 1.52. The van der Waals surface area contributed by atoms with Gasteiger partial charge in [0.25, 0.3) is 5.91 Å². The van der Waals surface area contributed by atoms with Gasteiger partial charge in [0.2, 0.25) is 0 Å². The molecule has 0 fully saturated rings. The number of nitrogens with one attached hydrogen (secondary N) is 1. The van der Waals surface area contributed by atoms with Gasteiger partial charge in [-0.25, -0.2) is 0 Å². The lowest BCUT2D eigenvalue weighted by molar-refractivity contribution is 0.0985. The van der Waals surface area contributed by atoms with Gasteiger partial charge < -0.3 is 4.55 Å². The van der Waals surface area contributed by atoms with Crippen LogP contribution in [0.5, 0.6) is 0 Å². The van der Waals surface area contributed by atoms with Crippen LogP contribution in [0.4, 0.5) is 0 Å². The molecule has 66 valence electrons. The second-order valence-corrected chi connectivity index (χ2v) is 3.76. The number of hydrogen-bond acceptors (Lipinski definition) is 4. The smallest absolute Gasteiger partial charge is 0.273 e. The van der Waals surface area contributed by atoms with E-state index in [0.29, 0.717) is 0 Å². The van der Waals surface area contributed by atoms with Gasteiger partial charge in [-0.1, -0.05) is 11.6 Å². The summed E-state index contributed by atoms with van der Waals surface area (Å²) in [4.78, 5) is 11.2. The monoisotopic (exact) mass is 224 g/mol. The minimum atomic E-state index is -2.59. The first-order valence-corrected chi connectivity index (χ1v) is 5.07. The average Bonchev–Trinajstić information content (AvgIpc) is 2.33. The molecule has 1 N–H and O–H groups in total. The molecular formula is C5H3ClNO3S2-. The van der Waals surface area contributed by atoms with Crippen molar-refractivity contribution in [1.82, 2.24) is 4.72 Å². The Labute approximate surface area is 80.0 Å². The number of thiophene rings is 1. The average molecular weight is 225 g/mol. The molecule has 0 radical (unpaired) electrons. The van der Waals surface area contributed by atoms with E-state index in [4.69, 9.17) is 11.6 Å². The van der Waals surface area contributed by atoms with Crippen LogP contribution >= 0.6 is 22.9 Å². The molecule has 0 aliphatic heterocycles. The zero-order valence-corrected chi connectivity index (χ0v) is 7.96. The molecule has 0 saturated heterocycles. The minimum Gasteiger partial charge on any atom is -0.755 e. The van der Waals surface area contributed by atoms with E-state index in [1.807, 2.05) is 0 Å². The topological polar surface area (TPSA) is 69.2 Å². The molecule has 0 aromatic carbocycles. The third-order valence-corrected chi connectivity index (χ3v) is 2.69. The highest BCUT2D eigenvalue weighted by atomic mass is 35.5. The van der Waals surface area contributed by atoms with E-state index in [2.05, 4.69) is 0 Å². The highest BCUT2D eigenvalue weighted by Crippen LogP contribution is 2.21. The Morgan fingerprint density at radius 1 is 1.75 bits per heavy atom. The van der Waals surface area contributed by atoms with Gasteiger partial charge in [-0.05, 0) is 11.4 Å². The Kier molecular flexibility index (Phi) is 3.21. The SMILES string of the molecule is O=C(NS(=O)[O-])c1sccc1Cl. The molecule has 0 spiro atoms. The van der Waals surface area contributed by atoms with Crippen LogP contribution in [0, 0.1) is 0 Å². The van der Waals surface area contributed by atoms with Crippen molar-refractivity contribution in [1.29, 1.82) is 0 Å². The number of rotatable bonds is 2. The standard InChI is InChI=1S/C5H4ClNO3S2/c6-3-1-2-11-4(3)5(8)7-12(9)10/h1-2H,(H,7,8)(H,9,10)/p-1. The van der Waals surface area contributed by atoms with Gasteiger partial charge in [0.05, 0.1) is 5.02 Å². The third-order valence-electron chi connectivity index (χ3n) is 0.999. The van der Waals surface area contributed by atoms with Crippen LogP contribution in [0.3, 0.4) is 0 Å². The van der Waals surface area contributed by atoms with Crippen LogP contribution in [-0.4, -0.2) is 14.7 Å². The fourth-order valence-corrected chi connectivity index (χ4v) is 1.93. The van der Waals surface area contributed by atoms with E-state index < -0.39 is 17.2 Å². The maximum absolute atomic E-state index is 11.0. The van der Waals surface area contributed by atoms with E-state index in [1.54, 1.807) is 10.1 Å². The number of hydrogen-bond donors (Lipinski definition) is 1. The fourth-order valence-electron chi connectivity index (χ4n) is 0.578. The van der Waals surface area contributed by atoms with Gasteiger partial charge in [-0.15, -0.1) is 11.3 Å². The molecular weight excluding hydrogens is 222 g/mol. The first kappa shape index (κ1) is 9.66. The summed E-state index contributed by atoms with van der Waals surface area (Å²) in [6.07, 6.45) is 0. The van der Waals surface area contributed by atoms with E-state index in [1.165, 1.54) is 6.07 Å². The molecule has 4 nitrogen and oxygen atoms in total. The Morgan fingerprint density at radius 3 is 2.83 bits per heavy atom. The maximum atomic E-state index is 11.0. The maximum Gasteiger partial charge on any atom is 0.273 e. The zero-order valence-electron chi connectivity index (χ0n) is 5.57. The van der Waals surface area contributed by atoms with E-state index in [9.17, 15) is 13.6 Å². The van der Waals surface area contributed by atoms with Crippen LogP contribution in [0.25, 0.3) is 0 Å². The predicted molar refractivity (Wildman–Crippen MR) is 45.7 cm³/mol. The molecule has 1 heterocycles. The third kappa shape index (κ3) is 2.28. The van der Waals surface area contributed by atoms with Crippen molar-refractivity contribution in [3.8, 4) is 0 Å². The van der Waals surface area contributed by atoms with Gasteiger partial charge in [0.1, 0.15) is 4.88 Å². The van der Waals surface area contributed by atoms with Gasteiger partial charge in [-0.2, -0.15) is 0 Å². The van der Waals surface area contributed by atoms with E-state index in [-0.39, 0.29) is 9.90 Å². The fraction of sp³-hybridized carbons (Fsp3) is 0. The Bertz CT molecular complexity index is 324. The number of amides is 1. The normalized spacial score (nSPS) is 12.5. The lowest BCUT2D eigenvalue weighted by atomic mass is 10.4. The summed E-state index contributed by atoms with van der Waals surface area (Å²) in [5.41, 5.74) is 0. The quantitative estimate of drug-likeness (QED) is 0.760. The Hall–Kier alpha value is -0.430. The molecule has 1 rings (SSSR count). The van der Waals surface area contributed by atoms with Crippen molar-refractivity contribution in [2.24, 2.45) is 0 Å². The van der Waals surface area contributed by atoms with Crippen molar-refractivity contribution in [3.63, 3.8) is 0 Å². The molecule has 0 bridgehead atoms. The van der Waals surface area contributed by atoms with Crippen LogP contribution in [0.1, 0.15) is 9.67 Å². The van der Waals surface area contributed by atoms with Gasteiger partial charge in [0, 0.05) is 11.3 Å². The highest BCUT2D eigenvalue weighted by molar-refractivity contribution is 7.77. The Morgan fingerprint density at radius 2 is 2.42 bits per heavy atom. The van der Waals surface area contributed by atoms with E-state index >= 15 is 0 Å². The van der Waals surface area contributed by atoms with Crippen molar-refractivity contribution >= 4 is 40.1 Å². The van der Waals surface area contributed by atoms with Crippen molar-refractivity contribution in [2.45, 2.75) is 0 Å². The zero-order chi connectivity index (χ0) is 9.14. The van der Waals surface area contributed by atoms with Crippen LogP contribution < -0.4 is 4.72 Å². The molecule has 1 unspecified atom stereocenters. The van der Waals surface area contributed by atoms with Crippen molar-refractivity contribution < 1.29 is 13.6 Å². The Balaban J connectivity index is 2.78. The summed E-state index contributed by atoms with van der Waals surface area (Å²) in [5.74, 6) is -0.705. The summed E-state index contributed by atoms with van der Waals surface area (Å²) >= 11 is 4.06. The van der Waals surface area contributed by atoms with Gasteiger partial charge >= 0.3 is 0 Å². The lowest BCUT2D eigenvalue weighted by Gasteiger charge is -2.04. The highest BCUT2D eigenvalue weighted by Gasteiger charge is 2.10. The van der Waals surface area contributed by atoms with Crippen molar-refractivity contribution in [3.05, 3.63) is 21.3 Å². The van der Waals surface area contributed by atoms with Crippen LogP contribution in [0.2, 0.25) is 5.02 Å². The van der Waals surface area contributed by atoms with Gasteiger partial charge in [0.15, 0.2) is 0 Å². The molecule has 1 aromatic heterocycles. The summed E-state index contributed by atoms with van der Waals surface area (Å²) < 4.78 is 21.8. The molecule has 1 atom stereocenters. The predicted octanol–water partition coefficient (Wildman–Crippen LogP) is 0.925. The number of carbonyl (C=O) groups is 1. The summed E-state index contributed by atoms with van der Waals surface area (Å²) in [5, 5.41) is 1.85. The molecule has 0 aliphatic rings. The molecule has 7 heteroatoms. The largest absolute Gasteiger partial charge is 0.755 e. The molecule has 12 heavy (non-hydrogen) atoms. The summed E-state index contributed by atoms with van der Waals surface area (Å²) in [6.45, 7) is 0. The first-order chi connectivity index (χ1) is 5.61. The van der Waals surface area contributed by atoms with E-state index in [0.717, 1.165) is 11.3 Å². The first-order valence-electron chi connectivity index (χ1n) is 2.74. The van der Waals surface area contributed by atoms with Crippen molar-refractivity contribution in [2.75, 3.05) is 0 Å². The molecule has 1 aromatic rings. The minimum absolute atomic E-state index is 0.195. The van der Waals surface area contributed by atoms with Gasteiger partial charge in [-0.3, -0.25) is 13.7 Å².